The lowest BCUT2D eigenvalue weighted by molar-refractivity contribution is -0.157. The molecule has 1 aliphatic rings. The SMILES string of the molecule is C=O.CN(C=O)N1CCN(CC(F)(F)F)CC1.CO.Cc1cccc(-c2ccc(C)c(C=O)c2)c1. The Morgan fingerprint density at radius 3 is 2.03 bits per heavy atom. The van der Waals surface area contributed by atoms with Gasteiger partial charge in [-0.05, 0) is 36.6 Å². The maximum atomic E-state index is 12.0. The van der Waals surface area contributed by atoms with Crippen LogP contribution in [0.5, 0.6) is 0 Å². The summed E-state index contributed by atoms with van der Waals surface area (Å²) in [6.45, 7) is 6.71. The summed E-state index contributed by atoms with van der Waals surface area (Å²) < 4.78 is 36.1. The molecule has 0 spiro atoms. The highest BCUT2D eigenvalue weighted by Crippen LogP contribution is 2.22. The van der Waals surface area contributed by atoms with Crippen molar-refractivity contribution in [1.29, 1.82) is 0 Å². The van der Waals surface area contributed by atoms with Crippen LogP contribution < -0.4 is 0 Å². The average molecular weight is 498 g/mol. The molecule has 7 nitrogen and oxygen atoms in total. The van der Waals surface area contributed by atoms with Gasteiger partial charge in [-0.15, -0.1) is 0 Å². The van der Waals surface area contributed by atoms with Crippen molar-refractivity contribution >= 4 is 19.5 Å². The van der Waals surface area contributed by atoms with Crippen molar-refractivity contribution in [2.24, 2.45) is 0 Å². The van der Waals surface area contributed by atoms with Crippen LogP contribution in [0.2, 0.25) is 0 Å². The van der Waals surface area contributed by atoms with Gasteiger partial charge in [-0.25, -0.2) is 5.01 Å². The number of hydrazine groups is 1. The van der Waals surface area contributed by atoms with Crippen molar-refractivity contribution < 1.29 is 32.7 Å². The van der Waals surface area contributed by atoms with Crippen LogP contribution in [0, 0.1) is 13.8 Å². The van der Waals surface area contributed by atoms with Gasteiger partial charge >= 0.3 is 6.18 Å². The third kappa shape index (κ3) is 11.7. The summed E-state index contributed by atoms with van der Waals surface area (Å²) in [5, 5.41) is 10.1. The van der Waals surface area contributed by atoms with E-state index in [-0.39, 0.29) is 0 Å². The van der Waals surface area contributed by atoms with Gasteiger partial charge in [0.15, 0.2) is 0 Å². The molecule has 2 aromatic rings. The predicted octanol–water partition coefficient (Wildman–Crippen LogP) is 3.38. The first kappa shape index (κ1) is 31.9. The number of carbonyl (C=O) groups is 3. The summed E-state index contributed by atoms with van der Waals surface area (Å²) in [6, 6.07) is 14.3. The van der Waals surface area contributed by atoms with Crippen LogP contribution in [0.15, 0.2) is 42.5 Å². The monoisotopic (exact) mass is 497 g/mol. The van der Waals surface area contributed by atoms with Gasteiger partial charge in [0.05, 0.1) is 6.54 Å². The van der Waals surface area contributed by atoms with Crippen molar-refractivity contribution in [3.63, 3.8) is 0 Å². The minimum atomic E-state index is -4.14. The summed E-state index contributed by atoms with van der Waals surface area (Å²) in [7, 11) is 2.59. The Morgan fingerprint density at radius 1 is 0.971 bits per heavy atom. The fourth-order valence-corrected chi connectivity index (χ4v) is 3.30. The van der Waals surface area contributed by atoms with Gasteiger partial charge < -0.3 is 9.90 Å². The van der Waals surface area contributed by atoms with Crippen LogP contribution in [0.25, 0.3) is 11.1 Å². The Hall–Kier alpha value is -3.08. The smallest absolute Gasteiger partial charge is 0.400 e. The molecule has 194 valence electrons. The molecule has 3 rings (SSSR count). The second kappa shape index (κ2) is 16.5. The van der Waals surface area contributed by atoms with Gasteiger partial charge in [-0.2, -0.15) is 13.2 Å². The second-order valence-electron chi connectivity index (χ2n) is 7.58. The Morgan fingerprint density at radius 2 is 1.54 bits per heavy atom. The first-order valence-corrected chi connectivity index (χ1v) is 10.7. The third-order valence-electron chi connectivity index (χ3n) is 5.11. The summed E-state index contributed by atoms with van der Waals surface area (Å²) >= 11 is 0. The van der Waals surface area contributed by atoms with E-state index in [0.29, 0.717) is 32.6 Å². The Bertz CT molecular complexity index is 902. The first-order valence-electron chi connectivity index (χ1n) is 10.7. The Kier molecular flexibility index (Phi) is 15.1. The minimum absolute atomic E-state index is 0.331. The van der Waals surface area contributed by atoms with Crippen LogP contribution in [-0.2, 0) is 9.59 Å². The average Bonchev–Trinajstić information content (AvgIpc) is 2.86. The number of alkyl halides is 3. The minimum Gasteiger partial charge on any atom is -0.400 e. The van der Waals surface area contributed by atoms with Crippen LogP contribution in [0.3, 0.4) is 0 Å². The molecule has 1 fully saturated rings. The van der Waals surface area contributed by atoms with Gasteiger partial charge in [0.2, 0.25) is 6.41 Å². The topological polar surface area (TPSA) is 81.2 Å². The van der Waals surface area contributed by atoms with Gasteiger partial charge in [0.25, 0.3) is 0 Å². The molecule has 0 radical (unpaired) electrons. The number of aldehydes is 1. The number of aliphatic hydroxyl groups excluding tert-OH is 1. The lowest BCUT2D eigenvalue weighted by Crippen LogP contribution is -2.53. The molecule has 2 aromatic carbocycles. The number of aliphatic hydroxyl groups is 1. The zero-order chi connectivity index (χ0) is 27.0. The standard InChI is InChI=1S/C15H14O.C8H14F3N3O.CH4O.CH2O/c1-11-4-3-5-13(8-11)14-7-6-12(2)15(9-14)10-16;1-12(7-15)14-4-2-13(3-5-14)6-8(9,10)11;2*1-2/h3-10H,1-2H3;7H,2-6H2,1H3;2H,1H3;1H2. The number of benzene rings is 2. The van der Waals surface area contributed by atoms with Crippen LogP contribution in [0.4, 0.5) is 13.2 Å². The molecule has 0 atom stereocenters. The third-order valence-corrected chi connectivity index (χ3v) is 5.11. The molecule has 0 aromatic heterocycles. The van der Waals surface area contributed by atoms with E-state index in [1.165, 1.54) is 15.5 Å². The van der Waals surface area contributed by atoms with Gasteiger partial charge in [0.1, 0.15) is 13.1 Å². The number of rotatable bonds is 5. The molecule has 0 saturated carbocycles. The lowest BCUT2D eigenvalue weighted by atomic mass is 9.99. The van der Waals surface area contributed by atoms with E-state index in [4.69, 9.17) is 9.90 Å². The highest BCUT2D eigenvalue weighted by atomic mass is 19.4. The number of aryl methyl sites for hydroxylation is 2. The maximum Gasteiger partial charge on any atom is 0.401 e. The van der Waals surface area contributed by atoms with E-state index in [0.717, 1.165) is 35.6 Å². The van der Waals surface area contributed by atoms with Crippen molar-refractivity contribution in [2.75, 3.05) is 46.9 Å². The first-order chi connectivity index (χ1) is 16.6. The Balaban J connectivity index is 0.000000580. The molecule has 0 aliphatic carbocycles. The quantitative estimate of drug-likeness (QED) is 0.638. The van der Waals surface area contributed by atoms with E-state index < -0.39 is 12.7 Å². The van der Waals surface area contributed by atoms with E-state index in [9.17, 15) is 22.8 Å². The molecule has 1 aliphatic heterocycles. The molecule has 35 heavy (non-hydrogen) atoms. The number of carbonyl (C=O) groups excluding carboxylic acids is 3. The second-order valence-corrected chi connectivity index (χ2v) is 7.58. The molecule has 0 bridgehead atoms. The summed E-state index contributed by atoms with van der Waals surface area (Å²) in [5.74, 6) is 0. The number of hydrogen-bond donors (Lipinski definition) is 1. The van der Waals surface area contributed by atoms with Crippen LogP contribution >= 0.6 is 0 Å². The maximum absolute atomic E-state index is 12.0. The van der Waals surface area contributed by atoms with Crippen molar-refractivity contribution in [1.82, 2.24) is 14.9 Å². The van der Waals surface area contributed by atoms with E-state index >= 15 is 0 Å². The molecule has 0 unspecified atom stereocenters. The fraction of sp³-hybridized carbons (Fsp3) is 0.400. The summed E-state index contributed by atoms with van der Waals surface area (Å²) in [6.07, 6.45) is -2.58. The molecule has 1 saturated heterocycles. The molecular formula is C25H34F3N3O4. The lowest BCUT2D eigenvalue weighted by Gasteiger charge is -2.37. The largest absolute Gasteiger partial charge is 0.401 e. The fourth-order valence-electron chi connectivity index (χ4n) is 3.30. The zero-order valence-corrected chi connectivity index (χ0v) is 20.6. The number of nitrogens with zero attached hydrogens (tertiary/aromatic N) is 3. The van der Waals surface area contributed by atoms with Crippen molar-refractivity contribution in [3.8, 4) is 11.1 Å². The highest BCUT2D eigenvalue weighted by molar-refractivity contribution is 5.81. The molecular weight excluding hydrogens is 463 g/mol. The summed E-state index contributed by atoms with van der Waals surface area (Å²) in [4.78, 5) is 30.6. The Labute approximate surface area is 204 Å². The molecule has 1 amide bonds. The van der Waals surface area contributed by atoms with E-state index in [1.54, 1.807) is 12.1 Å². The normalized spacial score (nSPS) is 13.6. The van der Waals surface area contributed by atoms with Crippen LogP contribution in [0.1, 0.15) is 21.5 Å². The van der Waals surface area contributed by atoms with Crippen molar-refractivity contribution in [3.05, 3.63) is 59.2 Å². The highest BCUT2D eigenvalue weighted by Gasteiger charge is 2.32. The molecule has 1 heterocycles. The van der Waals surface area contributed by atoms with E-state index in [2.05, 4.69) is 31.2 Å². The predicted molar refractivity (Wildman–Crippen MR) is 130 cm³/mol. The van der Waals surface area contributed by atoms with Gasteiger partial charge in [0, 0.05) is 45.9 Å². The molecule has 10 heteroatoms. The van der Waals surface area contributed by atoms with Gasteiger partial charge in [-0.3, -0.25) is 19.5 Å². The zero-order valence-electron chi connectivity index (χ0n) is 20.6. The number of amides is 1. The number of piperazine rings is 1. The van der Waals surface area contributed by atoms with Crippen LogP contribution in [-0.4, -0.2) is 92.6 Å². The van der Waals surface area contributed by atoms with Crippen molar-refractivity contribution in [2.45, 2.75) is 20.0 Å². The van der Waals surface area contributed by atoms with Gasteiger partial charge in [-0.1, -0.05) is 42.0 Å². The number of halogens is 3. The summed E-state index contributed by atoms with van der Waals surface area (Å²) in [5.41, 5.74) is 5.26. The number of hydrogen-bond acceptors (Lipinski definition) is 6. The molecule has 1 N–H and O–H groups in total. The van der Waals surface area contributed by atoms with E-state index in [1.807, 2.05) is 31.9 Å².